The van der Waals surface area contributed by atoms with Crippen molar-refractivity contribution in [1.29, 1.82) is 0 Å². The van der Waals surface area contributed by atoms with Crippen LogP contribution in [-0.2, 0) is 50.2 Å². The Hall–Kier alpha value is -4.37. The quantitative estimate of drug-likeness (QED) is 0.0690. The third-order valence-electron chi connectivity index (χ3n) is 8.12. The summed E-state index contributed by atoms with van der Waals surface area (Å²) in [7, 11) is -6.64. The standard InChI is InChI=1S/C38H49FN6O10P2/c1-23(2)52-56(48,53-24(3)4)35(57(49,54-25(5)6)55-26(7)8)18-27-10-12-28(13-11-27)37(46)50-22-31-21-45(38(47)51-31)30-15-16-32(33(39)19-30)29-14-17-34(40-20-29)36-41-43-44(9)42-36/h10-17,19-20,23-26,31,35H,18,21-22H2,1-9H3. The van der Waals surface area contributed by atoms with Crippen LogP contribution in [0.4, 0.5) is 14.9 Å². The molecule has 308 valence electrons. The molecule has 1 aliphatic rings. The van der Waals surface area contributed by atoms with E-state index in [0.29, 0.717) is 22.6 Å². The number of benzene rings is 2. The first-order chi connectivity index (χ1) is 26.9. The van der Waals surface area contributed by atoms with Gasteiger partial charge in [-0.05, 0) is 109 Å². The van der Waals surface area contributed by atoms with Crippen LogP contribution in [0.5, 0.6) is 0 Å². The van der Waals surface area contributed by atoms with Gasteiger partial charge in [0.05, 0.1) is 49.3 Å². The van der Waals surface area contributed by atoms with Gasteiger partial charge in [-0.2, -0.15) is 4.80 Å². The second-order valence-corrected chi connectivity index (χ2v) is 19.1. The number of ether oxygens (including phenoxy) is 2. The number of anilines is 1. The number of esters is 1. The van der Waals surface area contributed by atoms with Crippen LogP contribution in [0.1, 0.15) is 71.3 Å². The smallest absolute Gasteiger partial charge is 0.414 e. The zero-order chi connectivity index (χ0) is 41.7. The van der Waals surface area contributed by atoms with E-state index < -0.39 is 69.0 Å². The van der Waals surface area contributed by atoms with Gasteiger partial charge in [-0.25, -0.2) is 14.0 Å². The minimum absolute atomic E-state index is 0.0144. The maximum absolute atomic E-state index is 15.3. The molecular weight excluding hydrogens is 781 g/mol. The van der Waals surface area contributed by atoms with Crippen molar-refractivity contribution in [3.05, 3.63) is 77.7 Å². The summed E-state index contributed by atoms with van der Waals surface area (Å²) in [4.78, 5) is 32.7. The van der Waals surface area contributed by atoms with Gasteiger partial charge in [0.15, 0.2) is 11.5 Å². The maximum Gasteiger partial charge on any atom is 0.414 e. The molecule has 57 heavy (non-hydrogen) atoms. The molecule has 16 nitrogen and oxygen atoms in total. The van der Waals surface area contributed by atoms with Crippen LogP contribution in [0.25, 0.3) is 22.6 Å². The summed E-state index contributed by atoms with van der Waals surface area (Å²) in [6.07, 6.45) is -2.25. The predicted molar refractivity (Wildman–Crippen MR) is 209 cm³/mol. The van der Waals surface area contributed by atoms with E-state index in [9.17, 15) is 18.7 Å². The molecule has 0 spiro atoms. The van der Waals surface area contributed by atoms with Gasteiger partial charge in [0.1, 0.15) is 18.1 Å². The number of hydrogen-bond acceptors (Lipinski definition) is 14. The lowest BCUT2D eigenvalue weighted by Gasteiger charge is -2.35. The molecule has 0 bridgehead atoms. The van der Waals surface area contributed by atoms with E-state index in [2.05, 4.69) is 20.4 Å². The summed E-state index contributed by atoms with van der Waals surface area (Å²) in [5.74, 6) is -0.933. The van der Waals surface area contributed by atoms with E-state index in [1.807, 2.05) is 0 Å². The van der Waals surface area contributed by atoms with Crippen molar-refractivity contribution in [3.8, 4) is 22.6 Å². The van der Waals surface area contributed by atoms with Crippen LogP contribution in [0.3, 0.4) is 0 Å². The lowest BCUT2D eigenvalue weighted by atomic mass is 10.1. The monoisotopic (exact) mass is 830 g/mol. The van der Waals surface area contributed by atoms with Crippen LogP contribution in [0, 0.1) is 5.82 Å². The number of nitrogens with zero attached hydrogens (tertiary/aromatic N) is 6. The number of amides is 1. The molecule has 1 unspecified atom stereocenters. The van der Waals surface area contributed by atoms with Crippen LogP contribution < -0.4 is 4.90 Å². The highest BCUT2D eigenvalue weighted by molar-refractivity contribution is 7.72. The topological polar surface area (TPSA) is 183 Å². The van der Waals surface area contributed by atoms with Crippen LogP contribution in [0.15, 0.2) is 60.8 Å². The third kappa shape index (κ3) is 11.2. The van der Waals surface area contributed by atoms with E-state index in [1.165, 1.54) is 40.2 Å². The van der Waals surface area contributed by atoms with Crippen molar-refractivity contribution < 1.29 is 50.7 Å². The van der Waals surface area contributed by atoms with Crippen molar-refractivity contribution in [2.24, 2.45) is 7.05 Å². The number of aromatic nitrogens is 5. The van der Waals surface area contributed by atoms with Gasteiger partial charge in [0.25, 0.3) is 0 Å². The summed E-state index contributed by atoms with van der Waals surface area (Å²) in [6.45, 7) is 13.4. The van der Waals surface area contributed by atoms with E-state index in [-0.39, 0.29) is 36.4 Å². The summed E-state index contributed by atoms with van der Waals surface area (Å²) >= 11 is 0. The van der Waals surface area contributed by atoms with Crippen LogP contribution in [-0.4, -0.2) is 86.3 Å². The summed E-state index contributed by atoms with van der Waals surface area (Å²) in [6, 6.07) is 13.9. The lowest BCUT2D eigenvalue weighted by Crippen LogP contribution is -2.26. The van der Waals surface area contributed by atoms with Gasteiger partial charge < -0.3 is 27.6 Å². The Morgan fingerprint density at radius 3 is 1.96 bits per heavy atom. The molecule has 0 saturated carbocycles. The summed E-state index contributed by atoms with van der Waals surface area (Å²) < 4.78 is 78.8. The Balaban J connectivity index is 1.24. The largest absolute Gasteiger partial charge is 0.458 e. The van der Waals surface area contributed by atoms with Crippen LogP contribution in [0.2, 0.25) is 0 Å². The van der Waals surface area contributed by atoms with Crippen molar-refractivity contribution in [3.63, 3.8) is 0 Å². The van der Waals surface area contributed by atoms with Gasteiger partial charge >= 0.3 is 27.3 Å². The molecule has 0 aliphatic carbocycles. The second-order valence-electron chi connectivity index (χ2n) is 14.5. The average molecular weight is 831 g/mol. The first-order valence-corrected chi connectivity index (χ1v) is 21.8. The number of hydrogen-bond donors (Lipinski definition) is 0. The molecule has 3 heterocycles. The van der Waals surface area contributed by atoms with Gasteiger partial charge in [-0.15, -0.1) is 10.2 Å². The molecule has 0 radical (unpaired) electrons. The average Bonchev–Trinajstić information content (AvgIpc) is 3.73. The highest BCUT2D eigenvalue weighted by Gasteiger charge is 2.53. The van der Waals surface area contributed by atoms with Crippen molar-refractivity contribution in [2.75, 3.05) is 18.1 Å². The van der Waals surface area contributed by atoms with Crippen molar-refractivity contribution >= 4 is 32.9 Å². The fraction of sp³-hybridized carbons (Fsp3) is 0.474. The Labute approximate surface area is 331 Å². The fourth-order valence-corrected chi connectivity index (χ4v) is 11.9. The number of carbonyl (C=O) groups is 2. The summed E-state index contributed by atoms with van der Waals surface area (Å²) in [5, 5.41) is 10.5. The van der Waals surface area contributed by atoms with Crippen molar-refractivity contribution in [2.45, 2.75) is 97.7 Å². The molecular formula is C38H49FN6O10P2. The number of cyclic esters (lactones) is 1. The first-order valence-electron chi connectivity index (χ1n) is 18.5. The highest BCUT2D eigenvalue weighted by atomic mass is 31.2. The molecule has 0 N–H and O–H groups in total. The minimum Gasteiger partial charge on any atom is -0.458 e. The SMILES string of the molecule is CC(C)OP(=O)(OC(C)C)C(Cc1ccc(C(=O)OCC2CN(c3ccc(-c4ccc(-c5nnn(C)n5)nc4)c(F)c3)C(=O)O2)cc1)P(=O)(OC(C)C)OC(C)C. The molecule has 2 aromatic heterocycles. The molecule has 4 aromatic rings. The van der Waals surface area contributed by atoms with E-state index in [1.54, 1.807) is 92.8 Å². The van der Waals surface area contributed by atoms with Gasteiger partial charge in [0.2, 0.25) is 5.82 Å². The maximum atomic E-state index is 15.3. The molecule has 1 amide bonds. The van der Waals surface area contributed by atoms with E-state index in [4.69, 9.17) is 27.6 Å². The molecule has 1 fully saturated rings. The molecule has 5 rings (SSSR count). The lowest BCUT2D eigenvalue weighted by molar-refractivity contribution is 0.0300. The number of carbonyl (C=O) groups excluding carboxylic acids is 2. The zero-order valence-electron chi connectivity index (χ0n) is 33.4. The number of pyridine rings is 1. The Morgan fingerprint density at radius 2 is 1.47 bits per heavy atom. The molecule has 2 aromatic carbocycles. The fourth-order valence-electron chi connectivity index (χ4n) is 5.94. The Bertz CT molecular complexity index is 2050. The van der Waals surface area contributed by atoms with Crippen LogP contribution >= 0.6 is 15.2 Å². The summed E-state index contributed by atoms with van der Waals surface area (Å²) in [5.41, 5.74) is 2.27. The normalized spacial score (nSPS) is 15.1. The Kier molecular flexibility index (Phi) is 14.2. The number of tetrazole rings is 1. The van der Waals surface area contributed by atoms with Gasteiger partial charge in [-0.1, -0.05) is 18.2 Å². The van der Waals surface area contributed by atoms with Gasteiger partial charge in [-0.3, -0.25) is 19.0 Å². The molecule has 1 atom stereocenters. The molecule has 19 heteroatoms. The van der Waals surface area contributed by atoms with E-state index in [0.717, 1.165) is 0 Å². The minimum atomic E-state index is -4.14. The van der Waals surface area contributed by atoms with Gasteiger partial charge in [0, 0.05) is 17.3 Å². The van der Waals surface area contributed by atoms with Crippen molar-refractivity contribution in [1.82, 2.24) is 25.2 Å². The number of aryl methyl sites for hydroxylation is 1. The first kappa shape index (κ1) is 43.7. The molecule has 1 aliphatic heterocycles. The number of halogens is 1. The predicted octanol–water partition coefficient (Wildman–Crippen LogP) is 8.22. The Morgan fingerprint density at radius 1 is 0.877 bits per heavy atom. The molecule has 1 saturated heterocycles. The second kappa shape index (κ2) is 18.5. The highest BCUT2D eigenvalue weighted by Crippen LogP contribution is 2.72. The third-order valence-corrected chi connectivity index (χ3v) is 14.5. The number of rotatable bonds is 18. The van der Waals surface area contributed by atoms with E-state index >= 15 is 4.39 Å². The zero-order valence-corrected chi connectivity index (χ0v) is 35.2.